The fourth-order valence-electron chi connectivity index (χ4n) is 3.97. The molecule has 5 rings (SSSR count). The number of carbonyl (C=O) groups is 1. The third-order valence-electron chi connectivity index (χ3n) is 5.67. The van der Waals surface area contributed by atoms with Gasteiger partial charge < -0.3 is 24.6 Å². The maximum absolute atomic E-state index is 13.1. The summed E-state index contributed by atoms with van der Waals surface area (Å²) < 4.78 is 11.5. The smallest absolute Gasteiger partial charge is 0.265 e. The van der Waals surface area contributed by atoms with E-state index in [0.29, 0.717) is 39.4 Å². The zero-order chi connectivity index (χ0) is 21.9. The Balaban J connectivity index is 1.31. The minimum absolute atomic E-state index is 0.0211. The number of thiazole rings is 1. The number of carbonyl (C=O) groups excluding carboxylic acids is 1. The molecule has 1 unspecified atom stereocenters. The first-order valence-electron chi connectivity index (χ1n) is 10.8. The molecule has 166 valence electrons. The van der Waals surface area contributed by atoms with Gasteiger partial charge in [0.15, 0.2) is 11.2 Å². The Morgan fingerprint density at radius 2 is 1.94 bits per heavy atom. The lowest BCUT2D eigenvalue weighted by molar-refractivity contribution is -0.142. The van der Waals surface area contributed by atoms with Crippen molar-refractivity contribution >= 4 is 33.8 Å². The maximum atomic E-state index is 13.1. The van der Waals surface area contributed by atoms with E-state index >= 15 is 0 Å². The molecule has 0 radical (unpaired) electrons. The molecule has 0 bridgehead atoms. The van der Waals surface area contributed by atoms with Gasteiger partial charge in [-0.1, -0.05) is 29.8 Å². The molecule has 7 nitrogen and oxygen atoms in total. The van der Waals surface area contributed by atoms with Gasteiger partial charge in [-0.2, -0.15) is 0 Å². The molecule has 0 saturated carbocycles. The average Bonchev–Trinajstić information content (AvgIpc) is 3.27. The fraction of sp³-hybridized carbons (Fsp3) is 0.333. The third-order valence-corrected chi connectivity index (χ3v) is 6.47. The Kier molecular flexibility index (Phi) is 5.96. The Morgan fingerprint density at radius 1 is 1.16 bits per heavy atom. The SMILES string of the molecule is Cc1ccc(Nc2nc(CN3CC(C(=O)N4CCOCC4)Oc4ccccc43)cs2)cc1. The largest absolute Gasteiger partial charge is 0.477 e. The number of amides is 1. The van der Waals surface area contributed by atoms with Gasteiger partial charge in [0.25, 0.3) is 5.91 Å². The second-order valence-corrected chi connectivity index (χ2v) is 8.89. The van der Waals surface area contributed by atoms with Gasteiger partial charge in [0, 0.05) is 24.2 Å². The summed E-state index contributed by atoms with van der Waals surface area (Å²) in [5, 5.41) is 6.29. The number of fused-ring (bicyclic) bond motifs is 1. The highest BCUT2D eigenvalue weighted by Crippen LogP contribution is 2.35. The van der Waals surface area contributed by atoms with Crippen LogP contribution >= 0.6 is 11.3 Å². The number of aryl methyl sites for hydroxylation is 1. The van der Waals surface area contributed by atoms with Crippen molar-refractivity contribution in [1.82, 2.24) is 9.88 Å². The molecule has 1 fully saturated rings. The van der Waals surface area contributed by atoms with E-state index in [1.807, 2.05) is 29.2 Å². The van der Waals surface area contributed by atoms with Gasteiger partial charge in [0.1, 0.15) is 5.75 Å². The zero-order valence-electron chi connectivity index (χ0n) is 18.0. The number of hydrogen-bond acceptors (Lipinski definition) is 7. The summed E-state index contributed by atoms with van der Waals surface area (Å²) in [6, 6.07) is 16.1. The minimum Gasteiger partial charge on any atom is -0.477 e. The van der Waals surface area contributed by atoms with Crippen LogP contribution in [0.3, 0.4) is 0 Å². The molecule has 2 aliphatic rings. The highest BCUT2D eigenvalue weighted by molar-refractivity contribution is 7.13. The third kappa shape index (κ3) is 4.56. The summed E-state index contributed by atoms with van der Waals surface area (Å²) in [5.74, 6) is 0.756. The van der Waals surface area contributed by atoms with E-state index in [4.69, 9.17) is 14.5 Å². The molecule has 0 spiro atoms. The van der Waals surface area contributed by atoms with Crippen molar-refractivity contribution in [2.45, 2.75) is 19.6 Å². The van der Waals surface area contributed by atoms with Crippen LogP contribution < -0.4 is 15.0 Å². The van der Waals surface area contributed by atoms with Gasteiger partial charge in [-0.05, 0) is 31.2 Å². The van der Waals surface area contributed by atoms with Crippen molar-refractivity contribution in [2.75, 3.05) is 43.1 Å². The predicted molar refractivity (Wildman–Crippen MR) is 126 cm³/mol. The van der Waals surface area contributed by atoms with Crippen LogP contribution in [-0.4, -0.2) is 54.7 Å². The first kappa shape index (κ1) is 20.8. The van der Waals surface area contributed by atoms with Crippen molar-refractivity contribution in [1.29, 1.82) is 0 Å². The maximum Gasteiger partial charge on any atom is 0.265 e. The molecule has 1 amide bonds. The Bertz CT molecular complexity index is 1080. The monoisotopic (exact) mass is 450 g/mol. The quantitative estimate of drug-likeness (QED) is 0.638. The topological polar surface area (TPSA) is 66.9 Å². The number of benzene rings is 2. The molecule has 1 atom stereocenters. The highest BCUT2D eigenvalue weighted by Gasteiger charge is 2.34. The first-order chi connectivity index (χ1) is 15.7. The van der Waals surface area contributed by atoms with E-state index in [2.05, 4.69) is 46.8 Å². The van der Waals surface area contributed by atoms with Crippen molar-refractivity contribution < 1.29 is 14.3 Å². The zero-order valence-corrected chi connectivity index (χ0v) is 18.8. The summed E-state index contributed by atoms with van der Waals surface area (Å²) >= 11 is 1.58. The van der Waals surface area contributed by atoms with Crippen LogP contribution in [0.5, 0.6) is 5.75 Å². The van der Waals surface area contributed by atoms with Gasteiger partial charge in [-0.3, -0.25) is 4.79 Å². The first-order valence-corrected chi connectivity index (χ1v) is 11.7. The molecule has 32 heavy (non-hydrogen) atoms. The number of ether oxygens (including phenoxy) is 2. The lowest BCUT2D eigenvalue weighted by atomic mass is 10.1. The number of hydrogen-bond donors (Lipinski definition) is 1. The summed E-state index contributed by atoms with van der Waals surface area (Å²) in [4.78, 5) is 21.9. The van der Waals surface area contributed by atoms with Crippen LogP contribution in [0.2, 0.25) is 0 Å². The molecule has 8 heteroatoms. The van der Waals surface area contributed by atoms with Crippen molar-refractivity contribution in [3.05, 3.63) is 65.2 Å². The minimum atomic E-state index is -0.535. The molecule has 3 heterocycles. The molecule has 1 aromatic heterocycles. The Morgan fingerprint density at radius 3 is 2.75 bits per heavy atom. The number of para-hydroxylation sites is 2. The van der Waals surface area contributed by atoms with E-state index in [0.717, 1.165) is 27.9 Å². The van der Waals surface area contributed by atoms with Crippen LogP contribution in [0.4, 0.5) is 16.5 Å². The number of nitrogens with zero attached hydrogens (tertiary/aromatic N) is 3. The lowest BCUT2D eigenvalue weighted by Crippen LogP contribution is -2.52. The molecule has 3 aromatic rings. The Hall–Kier alpha value is -3.10. The van der Waals surface area contributed by atoms with Crippen LogP contribution in [-0.2, 0) is 16.1 Å². The normalized spacial score (nSPS) is 18.1. The molecule has 1 saturated heterocycles. The summed E-state index contributed by atoms with van der Waals surface area (Å²) in [6.07, 6.45) is -0.535. The van der Waals surface area contributed by atoms with Crippen LogP contribution in [0, 0.1) is 6.92 Å². The van der Waals surface area contributed by atoms with Crippen LogP contribution in [0.25, 0.3) is 0 Å². The van der Waals surface area contributed by atoms with E-state index in [1.165, 1.54) is 5.56 Å². The molecule has 0 aliphatic carbocycles. The van der Waals surface area contributed by atoms with Crippen molar-refractivity contribution in [3.8, 4) is 5.75 Å². The van der Waals surface area contributed by atoms with E-state index < -0.39 is 6.10 Å². The van der Waals surface area contributed by atoms with Crippen LogP contribution in [0.1, 0.15) is 11.3 Å². The molecule has 2 aliphatic heterocycles. The number of rotatable bonds is 5. The average molecular weight is 451 g/mol. The van der Waals surface area contributed by atoms with Crippen molar-refractivity contribution in [2.24, 2.45) is 0 Å². The number of anilines is 3. The number of aromatic nitrogens is 1. The van der Waals surface area contributed by atoms with Gasteiger partial charge in [0.05, 0.1) is 37.7 Å². The van der Waals surface area contributed by atoms with Gasteiger partial charge in [0.2, 0.25) is 0 Å². The Labute approximate surface area is 191 Å². The standard InChI is InChI=1S/C24H26N4O3S/c1-17-6-8-18(9-7-17)25-24-26-19(16-32-24)14-28-15-22(23(29)27-10-12-30-13-11-27)31-21-5-3-2-4-20(21)28/h2-9,16,22H,10-15H2,1H3,(H,25,26). The van der Waals surface area contributed by atoms with E-state index in [-0.39, 0.29) is 5.91 Å². The fourth-order valence-corrected chi connectivity index (χ4v) is 4.69. The van der Waals surface area contributed by atoms with E-state index in [1.54, 1.807) is 11.3 Å². The highest BCUT2D eigenvalue weighted by atomic mass is 32.1. The van der Waals surface area contributed by atoms with Gasteiger partial charge in [-0.15, -0.1) is 11.3 Å². The number of nitrogens with one attached hydrogen (secondary N) is 1. The summed E-state index contributed by atoms with van der Waals surface area (Å²) in [5.41, 5.74) is 4.19. The lowest BCUT2D eigenvalue weighted by Gasteiger charge is -2.38. The molecular weight excluding hydrogens is 424 g/mol. The van der Waals surface area contributed by atoms with Crippen molar-refractivity contribution in [3.63, 3.8) is 0 Å². The van der Waals surface area contributed by atoms with Crippen LogP contribution in [0.15, 0.2) is 53.9 Å². The summed E-state index contributed by atoms with van der Waals surface area (Å²) in [6.45, 7) is 5.55. The molecule has 2 aromatic carbocycles. The van der Waals surface area contributed by atoms with Gasteiger partial charge >= 0.3 is 0 Å². The number of morpholine rings is 1. The second-order valence-electron chi connectivity index (χ2n) is 8.03. The van der Waals surface area contributed by atoms with Gasteiger partial charge in [-0.25, -0.2) is 4.98 Å². The second kappa shape index (κ2) is 9.18. The predicted octanol–water partition coefficient (Wildman–Crippen LogP) is 3.82. The molecular formula is C24H26N4O3S. The molecule has 1 N–H and O–H groups in total. The summed E-state index contributed by atoms with van der Waals surface area (Å²) in [7, 11) is 0. The van der Waals surface area contributed by atoms with E-state index in [9.17, 15) is 4.79 Å².